The highest BCUT2D eigenvalue weighted by Gasteiger charge is 2.38. The van der Waals surface area contributed by atoms with Crippen LogP contribution < -0.4 is 10.6 Å². The van der Waals surface area contributed by atoms with Gasteiger partial charge in [0.2, 0.25) is 5.91 Å². The van der Waals surface area contributed by atoms with Gasteiger partial charge in [-0.2, -0.15) is 0 Å². The summed E-state index contributed by atoms with van der Waals surface area (Å²) in [6.07, 6.45) is 0.732. The number of rotatable bonds is 4. The summed E-state index contributed by atoms with van der Waals surface area (Å²) in [5, 5.41) is 16.8. The van der Waals surface area contributed by atoms with Crippen LogP contribution in [0.5, 0.6) is 0 Å². The fraction of sp³-hybridized carbons (Fsp3) is 0.500. The molecule has 0 bridgehead atoms. The Morgan fingerprint density at radius 3 is 2.89 bits per heavy atom. The van der Waals surface area contributed by atoms with Gasteiger partial charge in [0, 0.05) is 11.4 Å². The molecule has 1 saturated heterocycles. The van der Waals surface area contributed by atoms with Crippen molar-refractivity contribution in [1.82, 2.24) is 10.6 Å². The molecule has 2 atom stereocenters. The highest BCUT2D eigenvalue weighted by atomic mass is 32.1. The third kappa shape index (κ3) is 2.54. The molecule has 0 aromatic carbocycles. The predicted octanol–water partition coefficient (Wildman–Crippen LogP) is 0.990. The maximum Gasteiger partial charge on any atom is 0.331 e. The van der Waals surface area contributed by atoms with Gasteiger partial charge in [-0.1, -0.05) is 6.07 Å². The lowest BCUT2D eigenvalue weighted by Gasteiger charge is -2.24. The van der Waals surface area contributed by atoms with E-state index in [0.29, 0.717) is 11.4 Å². The molecule has 6 heteroatoms. The molecular weight excluding hydrogens is 252 g/mol. The van der Waals surface area contributed by atoms with Crippen LogP contribution in [0.1, 0.15) is 24.3 Å². The first-order chi connectivity index (χ1) is 8.53. The Kier molecular flexibility index (Phi) is 3.68. The summed E-state index contributed by atoms with van der Waals surface area (Å²) < 4.78 is 0. The van der Waals surface area contributed by atoms with Crippen molar-refractivity contribution >= 4 is 23.2 Å². The molecule has 98 valence electrons. The molecule has 1 fully saturated rings. The third-order valence-electron chi connectivity index (χ3n) is 3.27. The lowest BCUT2D eigenvalue weighted by atomic mass is 9.88. The summed E-state index contributed by atoms with van der Waals surface area (Å²) in [4.78, 5) is 24.0. The van der Waals surface area contributed by atoms with E-state index in [1.807, 2.05) is 6.92 Å². The summed E-state index contributed by atoms with van der Waals surface area (Å²) >= 11 is 1.33. The Morgan fingerprint density at radius 1 is 1.61 bits per heavy atom. The summed E-state index contributed by atoms with van der Waals surface area (Å²) in [5.74, 6) is -1.23. The molecule has 0 saturated carbocycles. The molecule has 5 nitrogen and oxygen atoms in total. The van der Waals surface area contributed by atoms with Crippen molar-refractivity contribution in [3.63, 3.8) is 0 Å². The molecule has 1 aliphatic heterocycles. The Bertz CT molecular complexity index is 438. The number of aliphatic carboxylic acids is 1. The SMILES string of the molecule is CC1(C(=O)NC(C(=O)O)c2cccs2)CCNC1. The molecule has 18 heavy (non-hydrogen) atoms. The van der Waals surface area contributed by atoms with Crippen molar-refractivity contribution in [2.24, 2.45) is 5.41 Å². The number of thiophene rings is 1. The Labute approximate surface area is 109 Å². The fourth-order valence-electron chi connectivity index (χ4n) is 2.03. The highest BCUT2D eigenvalue weighted by molar-refractivity contribution is 7.10. The van der Waals surface area contributed by atoms with Crippen LogP contribution in [0.3, 0.4) is 0 Å². The number of carboxylic acid groups (broad SMARTS) is 1. The first kappa shape index (κ1) is 13.0. The maximum atomic E-state index is 12.2. The molecule has 0 radical (unpaired) electrons. The van der Waals surface area contributed by atoms with Crippen LogP contribution >= 0.6 is 11.3 Å². The molecule has 2 rings (SSSR count). The quantitative estimate of drug-likeness (QED) is 0.761. The second kappa shape index (κ2) is 5.07. The van der Waals surface area contributed by atoms with Crippen LogP contribution in [0.15, 0.2) is 17.5 Å². The Hall–Kier alpha value is -1.40. The van der Waals surface area contributed by atoms with Gasteiger partial charge in [0.15, 0.2) is 6.04 Å². The van der Waals surface area contributed by atoms with Gasteiger partial charge in [0.05, 0.1) is 5.41 Å². The number of amides is 1. The zero-order chi connectivity index (χ0) is 13.2. The number of carboxylic acids is 1. The van der Waals surface area contributed by atoms with Gasteiger partial charge in [-0.05, 0) is 31.3 Å². The van der Waals surface area contributed by atoms with E-state index >= 15 is 0 Å². The van der Waals surface area contributed by atoms with Crippen LogP contribution in [0.2, 0.25) is 0 Å². The number of nitrogens with one attached hydrogen (secondary N) is 2. The smallest absolute Gasteiger partial charge is 0.331 e. The van der Waals surface area contributed by atoms with Crippen LogP contribution in [0, 0.1) is 5.41 Å². The zero-order valence-corrected chi connectivity index (χ0v) is 10.9. The standard InChI is InChI=1S/C12H16N2O3S/c1-12(4-5-13-7-12)11(17)14-9(10(15)16)8-3-2-6-18-8/h2-3,6,9,13H,4-5,7H2,1H3,(H,14,17)(H,15,16). The molecule has 0 spiro atoms. The first-order valence-corrected chi connectivity index (χ1v) is 6.69. The summed E-state index contributed by atoms with van der Waals surface area (Å²) in [5.41, 5.74) is -0.509. The van der Waals surface area contributed by atoms with E-state index in [1.165, 1.54) is 11.3 Å². The van der Waals surface area contributed by atoms with E-state index in [1.54, 1.807) is 17.5 Å². The summed E-state index contributed by atoms with van der Waals surface area (Å²) in [6, 6.07) is 2.55. The fourth-order valence-corrected chi connectivity index (χ4v) is 2.79. The van der Waals surface area contributed by atoms with E-state index in [4.69, 9.17) is 0 Å². The second-order valence-electron chi connectivity index (χ2n) is 4.75. The minimum Gasteiger partial charge on any atom is -0.479 e. The highest BCUT2D eigenvalue weighted by Crippen LogP contribution is 2.27. The van der Waals surface area contributed by atoms with E-state index in [0.717, 1.165) is 13.0 Å². The molecule has 1 aromatic rings. The van der Waals surface area contributed by atoms with Crippen molar-refractivity contribution in [2.45, 2.75) is 19.4 Å². The maximum absolute atomic E-state index is 12.2. The molecule has 0 aliphatic carbocycles. The summed E-state index contributed by atoms with van der Waals surface area (Å²) in [6.45, 7) is 3.24. The van der Waals surface area contributed by atoms with Gasteiger partial charge in [0.25, 0.3) is 0 Å². The number of hydrogen-bond donors (Lipinski definition) is 3. The Morgan fingerprint density at radius 2 is 2.39 bits per heavy atom. The van der Waals surface area contributed by atoms with Gasteiger partial charge in [0.1, 0.15) is 0 Å². The first-order valence-electron chi connectivity index (χ1n) is 5.81. The van der Waals surface area contributed by atoms with E-state index in [2.05, 4.69) is 10.6 Å². The third-order valence-corrected chi connectivity index (χ3v) is 4.20. The van der Waals surface area contributed by atoms with Gasteiger partial charge in [-0.15, -0.1) is 11.3 Å². The zero-order valence-electron chi connectivity index (χ0n) is 10.1. The van der Waals surface area contributed by atoms with Gasteiger partial charge in [-0.3, -0.25) is 4.79 Å². The predicted molar refractivity (Wildman–Crippen MR) is 68.4 cm³/mol. The van der Waals surface area contributed by atoms with E-state index < -0.39 is 17.4 Å². The molecular formula is C12H16N2O3S. The van der Waals surface area contributed by atoms with Crippen molar-refractivity contribution < 1.29 is 14.7 Å². The molecule has 3 N–H and O–H groups in total. The number of hydrogen-bond acceptors (Lipinski definition) is 4. The van der Waals surface area contributed by atoms with Crippen LogP contribution in [0.25, 0.3) is 0 Å². The van der Waals surface area contributed by atoms with Crippen molar-refractivity contribution in [3.8, 4) is 0 Å². The number of carbonyl (C=O) groups excluding carboxylic acids is 1. The van der Waals surface area contributed by atoms with E-state index in [9.17, 15) is 14.7 Å². The van der Waals surface area contributed by atoms with Crippen molar-refractivity contribution in [3.05, 3.63) is 22.4 Å². The van der Waals surface area contributed by atoms with Gasteiger partial charge >= 0.3 is 5.97 Å². The lowest BCUT2D eigenvalue weighted by molar-refractivity contribution is -0.143. The molecule has 1 amide bonds. The average molecular weight is 268 g/mol. The monoisotopic (exact) mass is 268 g/mol. The topological polar surface area (TPSA) is 78.4 Å². The largest absolute Gasteiger partial charge is 0.479 e. The van der Waals surface area contributed by atoms with Crippen LogP contribution in [0.4, 0.5) is 0 Å². The Balaban J connectivity index is 2.10. The minimum atomic E-state index is -1.03. The normalized spacial score (nSPS) is 24.7. The second-order valence-corrected chi connectivity index (χ2v) is 5.73. The van der Waals surface area contributed by atoms with Crippen molar-refractivity contribution in [2.75, 3.05) is 13.1 Å². The van der Waals surface area contributed by atoms with Gasteiger partial charge in [-0.25, -0.2) is 4.79 Å². The van der Waals surface area contributed by atoms with E-state index in [-0.39, 0.29) is 5.91 Å². The van der Waals surface area contributed by atoms with Crippen LogP contribution in [-0.4, -0.2) is 30.1 Å². The lowest BCUT2D eigenvalue weighted by Crippen LogP contribution is -2.44. The average Bonchev–Trinajstić information content (AvgIpc) is 2.96. The number of carbonyl (C=O) groups is 2. The summed E-state index contributed by atoms with van der Waals surface area (Å²) in [7, 11) is 0. The minimum absolute atomic E-state index is 0.201. The van der Waals surface area contributed by atoms with Crippen molar-refractivity contribution in [1.29, 1.82) is 0 Å². The molecule has 1 aliphatic rings. The molecule has 2 heterocycles. The van der Waals surface area contributed by atoms with Gasteiger partial charge < -0.3 is 15.7 Å². The van der Waals surface area contributed by atoms with Crippen LogP contribution in [-0.2, 0) is 9.59 Å². The molecule has 1 aromatic heterocycles. The molecule has 2 unspecified atom stereocenters.